The van der Waals surface area contributed by atoms with Crippen LogP contribution in [-0.2, 0) is 6.54 Å². The maximum absolute atomic E-state index is 12.4. The summed E-state index contributed by atoms with van der Waals surface area (Å²) in [5.74, 6) is -0.752. The Morgan fingerprint density at radius 3 is 2.54 bits per heavy atom. The van der Waals surface area contributed by atoms with E-state index in [9.17, 15) is 28.1 Å². The van der Waals surface area contributed by atoms with Crippen LogP contribution in [0.2, 0.25) is 0 Å². The predicted octanol–water partition coefficient (Wildman–Crippen LogP) is 3.20. The Kier molecular flexibility index (Phi) is 5.75. The number of carbonyl (C=O) groups excluding carboxylic acids is 1. The first kappa shape index (κ1) is 19.2. The summed E-state index contributed by atoms with van der Waals surface area (Å²) in [4.78, 5) is 27.7. The van der Waals surface area contributed by atoms with Crippen molar-refractivity contribution in [1.82, 2.24) is 9.88 Å². The average molecular weight is 369 g/mol. The van der Waals surface area contributed by atoms with Crippen molar-refractivity contribution >= 4 is 11.6 Å². The molecule has 1 heterocycles. The molecule has 0 saturated carbocycles. The smallest absolute Gasteiger partial charge is 0.422 e. The Bertz CT molecular complexity index is 794. The standard InChI is InChI=1S/C16H14F3N3O4/c1-21(9-12-4-2-3-5-13(12)22(24)25)15(23)11-6-7-14(20-8-11)26-10-16(17,18)19/h2-8H,9-10H2,1H3. The lowest BCUT2D eigenvalue weighted by atomic mass is 10.1. The molecular formula is C16H14F3N3O4. The molecule has 0 N–H and O–H groups in total. The average Bonchev–Trinajstić information content (AvgIpc) is 2.59. The monoisotopic (exact) mass is 369 g/mol. The first-order valence-electron chi connectivity index (χ1n) is 7.31. The molecule has 0 saturated heterocycles. The molecule has 0 aliphatic heterocycles. The molecule has 0 unspecified atom stereocenters. The number of amides is 1. The maximum atomic E-state index is 12.4. The molecule has 0 radical (unpaired) electrons. The van der Waals surface area contributed by atoms with E-state index in [-0.39, 0.29) is 23.7 Å². The molecule has 0 aliphatic rings. The summed E-state index contributed by atoms with van der Waals surface area (Å²) in [6, 6.07) is 8.44. The molecular weight excluding hydrogens is 355 g/mol. The SMILES string of the molecule is CN(Cc1ccccc1[N+](=O)[O-])C(=O)c1ccc(OCC(F)(F)F)nc1. The van der Waals surface area contributed by atoms with Crippen molar-refractivity contribution < 1.29 is 27.6 Å². The van der Waals surface area contributed by atoms with Crippen molar-refractivity contribution in [2.75, 3.05) is 13.7 Å². The van der Waals surface area contributed by atoms with E-state index in [0.29, 0.717) is 5.56 Å². The molecule has 0 spiro atoms. The molecule has 1 aromatic heterocycles. The third-order valence-electron chi connectivity index (χ3n) is 3.31. The van der Waals surface area contributed by atoms with Crippen molar-refractivity contribution in [1.29, 1.82) is 0 Å². The highest BCUT2D eigenvalue weighted by Gasteiger charge is 2.28. The second kappa shape index (κ2) is 7.81. The lowest BCUT2D eigenvalue weighted by Crippen LogP contribution is -2.26. The molecule has 0 aliphatic carbocycles. The molecule has 138 valence electrons. The number of nitrogens with zero attached hydrogens (tertiary/aromatic N) is 3. The molecule has 2 aromatic rings. The van der Waals surface area contributed by atoms with Gasteiger partial charge in [-0.15, -0.1) is 0 Å². The zero-order valence-electron chi connectivity index (χ0n) is 13.6. The highest BCUT2D eigenvalue weighted by Crippen LogP contribution is 2.20. The Hall–Kier alpha value is -3.17. The van der Waals surface area contributed by atoms with Gasteiger partial charge in [0.1, 0.15) is 0 Å². The zero-order valence-corrected chi connectivity index (χ0v) is 13.6. The molecule has 0 fully saturated rings. The number of hydrogen-bond acceptors (Lipinski definition) is 5. The van der Waals surface area contributed by atoms with Crippen LogP contribution in [-0.4, -0.2) is 40.5 Å². The van der Waals surface area contributed by atoms with E-state index in [1.807, 2.05) is 0 Å². The Balaban J connectivity index is 2.05. The second-order valence-corrected chi connectivity index (χ2v) is 5.34. The van der Waals surface area contributed by atoms with Crippen molar-refractivity contribution in [3.63, 3.8) is 0 Å². The highest BCUT2D eigenvalue weighted by molar-refractivity contribution is 5.93. The molecule has 10 heteroatoms. The number of pyridine rings is 1. The van der Waals surface area contributed by atoms with E-state index in [0.717, 1.165) is 12.3 Å². The van der Waals surface area contributed by atoms with E-state index >= 15 is 0 Å². The minimum absolute atomic E-state index is 0.0116. The second-order valence-electron chi connectivity index (χ2n) is 5.34. The topological polar surface area (TPSA) is 85.6 Å². The maximum Gasteiger partial charge on any atom is 0.422 e. The van der Waals surface area contributed by atoms with Gasteiger partial charge >= 0.3 is 6.18 Å². The summed E-state index contributed by atoms with van der Waals surface area (Å²) in [7, 11) is 1.45. The lowest BCUT2D eigenvalue weighted by Gasteiger charge is -2.17. The first-order valence-corrected chi connectivity index (χ1v) is 7.31. The number of alkyl halides is 3. The quantitative estimate of drug-likeness (QED) is 0.577. The van der Waals surface area contributed by atoms with Crippen molar-refractivity contribution in [3.05, 3.63) is 63.8 Å². The number of nitro groups is 1. The van der Waals surface area contributed by atoms with Crippen LogP contribution in [0.1, 0.15) is 15.9 Å². The fraction of sp³-hybridized carbons (Fsp3) is 0.250. The fourth-order valence-corrected chi connectivity index (χ4v) is 2.12. The molecule has 1 aromatic carbocycles. The van der Waals surface area contributed by atoms with Gasteiger partial charge < -0.3 is 9.64 Å². The van der Waals surface area contributed by atoms with E-state index in [1.165, 1.54) is 36.2 Å². The molecule has 2 rings (SSSR count). The number of halogens is 3. The summed E-state index contributed by atoms with van der Waals surface area (Å²) in [5, 5.41) is 11.0. The lowest BCUT2D eigenvalue weighted by molar-refractivity contribution is -0.385. The van der Waals surface area contributed by atoms with E-state index in [4.69, 9.17) is 0 Å². The number of ether oxygens (including phenoxy) is 1. The molecule has 0 atom stereocenters. The van der Waals surface area contributed by atoms with Crippen molar-refractivity contribution in [3.8, 4) is 5.88 Å². The minimum Gasteiger partial charge on any atom is -0.468 e. The minimum atomic E-state index is -4.49. The number of nitro benzene ring substituents is 1. The van der Waals surface area contributed by atoms with Crippen LogP contribution < -0.4 is 4.74 Å². The van der Waals surface area contributed by atoms with E-state index < -0.39 is 23.6 Å². The number of carbonyl (C=O) groups is 1. The van der Waals surface area contributed by atoms with Crippen LogP contribution in [0.4, 0.5) is 18.9 Å². The van der Waals surface area contributed by atoms with Crippen molar-refractivity contribution in [2.45, 2.75) is 12.7 Å². The number of benzene rings is 1. The molecule has 1 amide bonds. The number of hydrogen-bond donors (Lipinski definition) is 0. The number of aromatic nitrogens is 1. The van der Waals surface area contributed by atoms with Crippen LogP contribution >= 0.6 is 0 Å². The van der Waals surface area contributed by atoms with Gasteiger partial charge in [0.25, 0.3) is 11.6 Å². The predicted molar refractivity (Wildman–Crippen MR) is 84.7 cm³/mol. The normalized spacial score (nSPS) is 11.1. The summed E-state index contributed by atoms with van der Waals surface area (Å²) < 4.78 is 40.7. The Morgan fingerprint density at radius 1 is 1.27 bits per heavy atom. The van der Waals surface area contributed by atoms with Crippen LogP contribution in [0.3, 0.4) is 0 Å². The van der Waals surface area contributed by atoms with Crippen LogP contribution in [0.25, 0.3) is 0 Å². The summed E-state index contributed by atoms with van der Waals surface area (Å²) in [6.07, 6.45) is -3.40. The Morgan fingerprint density at radius 2 is 1.96 bits per heavy atom. The van der Waals surface area contributed by atoms with E-state index in [2.05, 4.69) is 9.72 Å². The highest BCUT2D eigenvalue weighted by atomic mass is 19.4. The molecule has 7 nitrogen and oxygen atoms in total. The summed E-state index contributed by atoms with van der Waals surface area (Å²) in [6.45, 7) is -1.49. The van der Waals surface area contributed by atoms with Gasteiger partial charge in [0.15, 0.2) is 6.61 Å². The number of para-hydroxylation sites is 1. The largest absolute Gasteiger partial charge is 0.468 e. The van der Waals surface area contributed by atoms with Crippen LogP contribution in [0.5, 0.6) is 5.88 Å². The van der Waals surface area contributed by atoms with Gasteiger partial charge in [0, 0.05) is 30.9 Å². The van der Waals surface area contributed by atoms with Gasteiger partial charge in [0.05, 0.1) is 17.0 Å². The van der Waals surface area contributed by atoms with E-state index in [1.54, 1.807) is 6.07 Å². The first-order chi connectivity index (χ1) is 12.2. The number of rotatable bonds is 6. The van der Waals surface area contributed by atoms with Gasteiger partial charge in [-0.25, -0.2) is 4.98 Å². The molecule has 0 bridgehead atoms. The van der Waals surface area contributed by atoms with Crippen molar-refractivity contribution in [2.24, 2.45) is 0 Å². The third-order valence-corrected chi connectivity index (χ3v) is 3.31. The van der Waals surface area contributed by atoms with Gasteiger partial charge in [-0.05, 0) is 6.07 Å². The Labute approximate surface area is 146 Å². The van der Waals surface area contributed by atoms with Gasteiger partial charge in [-0.1, -0.05) is 18.2 Å². The van der Waals surface area contributed by atoms with Gasteiger partial charge in [0.2, 0.25) is 5.88 Å². The van der Waals surface area contributed by atoms with Crippen LogP contribution in [0.15, 0.2) is 42.6 Å². The molecule has 26 heavy (non-hydrogen) atoms. The third kappa shape index (κ3) is 5.16. The summed E-state index contributed by atoms with van der Waals surface area (Å²) >= 11 is 0. The van der Waals surface area contributed by atoms with Crippen LogP contribution in [0, 0.1) is 10.1 Å². The fourth-order valence-electron chi connectivity index (χ4n) is 2.12. The van der Waals surface area contributed by atoms with Gasteiger partial charge in [-0.2, -0.15) is 13.2 Å². The summed E-state index contributed by atoms with van der Waals surface area (Å²) in [5.41, 5.74) is 0.359. The van der Waals surface area contributed by atoms with Gasteiger partial charge in [-0.3, -0.25) is 14.9 Å². The zero-order chi connectivity index (χ0) is 19.3.